The molecular weight excluding hydrogens is 252 g/mol. The zero-order chi connectivity index (χ0) is 7.44. The number of hydrogen-bond donors (Lipinski definition) is 1. The van der Waals surface area contributed by atoms with E-state index in [1.165, 1.54) is 0 Å². The van der Waals surface area contributed by atoms with E-state index in [2.05, 4.69) is 12.6 Å². The molecule has 4 nitrogen and oxygen atoms in total. The predicted octanol–water partition coefficient (Wildman–Crippen LogP) is -2.83. The van der Waals surface area contributed by atoms with Gasteiger partial charge in [0.05, 0.1) is 5.97 Å². The van der Waals surface area contributed by atoms with Gasteiger partial charge in [-0.2, -0.15) is 12.6 Å². The number of aliphatic carboxylic acids is 2. The van der Waals surface area contributed by atoms with Gasteiger partial charge in [-0.3, -0.25) is 0 Å². The second kappa shape index (κ2) is 5.79. The monoisotopic (exact) mass is 255 g/mol. The van der Waals surface area contributed by atoms with Crippen molar-refractivity contribution in [3.8, 4) is 0 Å². The van der Waals surface area contributed by atoms with Crippen LogP contribution >= 0.6 is 12.6 Å². The SMILES string of the molecule is O=C([O-])CC(S)C(=O)[O-].[Ag+2]. The third-order valence-electron chi connectivity index (χ3n) is 0.632. The molecule has 0 aromatic carbocycles. The summed E-state index contributed by atoms with van der Waals surface area (Å²) in [4.78, 5) is 19.4. The van der Waals surface area contributed by atoms with Gasteiger partial charge >= 0.3 is 22.4 Å². The molecule has 0 aromatic heterocycles. The summed E-state index contributed by atoms with van der Waals surface area (Å²) in [5.41, 5.74) is 0. The van der Waals surface area contributed by atoms with Gasteiger partial charge in [0.15, 0.2) is 0 Å². The summed E-state index contributed by atoms with van der Waals surface area (Å²) in [6.07, 6.45) is -0.620. The zero-order valence-electron chi connectivity index (χ0n) is 4.67. The maximum absolute atomic E-state index is 9.76. The van der Waals surface area contributed by atoms with Crippen molar-refractivity contribution in [3.63, 3.8) is 0 Å². The molecule has 6 heteroatoms. The average Bonchev–Trinajstić information content (AvgIpc) is 1.63. The molecule has 0 aliphatic carbocycles. The first-order valence-corrected chi connectivity index (χ1v) is 2.64. The number of carboxylic acids is 2. The van der Waals surface area contributed by atoms with Gasteiger partial charge in [0.2, 0.25) is 0 Å². The van der Waals surface area contributed by atoms with Crippen molar-refractivity contribution >= 4 is 24.6 Å². The van der Waals surface area contributed by atoms with E-state index in [-0.39, 0.29) is 22.4 Å². The van der Waals surface area contributed by atoms with Crippen LogP contribution < -0.4 is 10.2 Å². The Morgan fingerprint density at radius 1 is 1.40 bits per heavy atom. The molecule has 0 saturated carbocycles. The maximum atomic E-state index is 9.76. The number of thiol groups is 1. The zero-order valence-corrected chi connectivity index (χ0v) is 7.04. The third kappa shape index (κ3) is 6.15. The van der Waals surface area contributed by atoms with Crippen LogP contribution in [-0.2, 0) is 32.0 Å². The van der Waals surface area contributed by atoms with Crippen LogP contribution in [0.4, 0.5) is 0 Å². The van der Waals surface area contributed by atoms with Crippen molar-refractivity contribution < 1.29 is 42.2 Å². The molecule has 0 spiro atoms. The first-order chi connectivity index (χ1) is 4.04. The Bertz CT molecular complexity index is 137. The first-order valence-electron chi connectivity index (χ1n) is 2.13. The maximum Gasteiger partial charge on any atom is 2.00 e. The van der Waals surface area contributed by atoms with E-state index in [0.717, 1.165) is 0 Å². The van der Waals surface area contributed by atoms with Crippen LogP contribution in [-0.4, -0.2) is 17.2 Å². The molecule has 0 fully saturated rings. The number of carbonyl (C=O) groups excluding carboxylic acids is 2. The normalized spacial score (nSPS) is 11.3. The van der Waals surface area contributed by atoms with E-state index in [9.17, 15) is 19.8 Å². The summed E-state index contributed by atoms with van der Waals surface area (Å²) in [6.45, 7) is 0. The van der Waals surface area contributed by atoms with Gasteiger partial charge in [0.1, 0.15) is 0 Å². The number of carboxylic acid groups (broad SMARTS) is 2. The molecule has 0 rings (SSSR count). The van der Waals surface area contributed by atoms with Crippen molar-refractivity contribution in [2.75, 3.05) is 0 Å². The third-order valence-corrected chi connectivity index (χ3v) is 1.03. The molecule has 1 radical (unpaired) electrons. The molecule has 0 aliphatic rings. The minimum atomic E-state index is -1.50. The van der Waals surface area contributed by atoms with Crippen molar-refractivity contribution in [2.45, 2.75) is 11.7 Å². The first kappa shape index (κ1) is 12.7. The van der Waals surface area contributed by atoms with Gasteiger partial charge in [0, 0.05) is 17.6 Å². The summed E-state index contributed by atoms with van der Waals surface area (Å²) in [6, 6.07) is 0. The molecule has 0 aliphatic heterocycles. The molecule has 0 amide bonds. The molecule has 10 heavy (non-hydrogen) atoms. The largest absolute Gasteiger partial charge is 2.00 e. The smallest absolute Gasteiger partial charge is 0.550 e. The van der Waals surface area contributed by atoms with E-state index in [4.69, 9.17) is 0 Å². The summed E-state index contributed by atoms with van der Waals surface area (Å²) in [7, 11) is 0. The van der Waals surface area contributed by atoms with Gasteiger partial charge in [0.25, 0.3) is 0 Å². The minimum Gasteiger partial charge on any atom is -0.550 e. The Labute approximate surface area is 78.5 Å². The molecule has 61 valence electrons. The number of carbonyl (C=O) groups is 2. The second-order valence-electron chi connectivity index (χ2n) is 1.41. The van der Waals surface area contributed by atoms with Gasteiger partial charge in [-0.15, -0.1) is 0 Å². The van der Waals surface area contributed by atoms with Crippen LogP contribution in [0.3, 0.4) is 0 Å². The van der Waals surface area contributed by atoms with Crippen LogP contribution in [0, 0.1) is 0 Å². The van der Waals surface area contributed by atoms with Gasteiger partial charge in [-0.25, -0.2) is 0 Å². The van der Waals surface area contributed by atoms with Crippen LogP contribution in [0.1, 0.15) is 6.42 Å². The van der Waals surface area contributed by atoms with Gasteiger partial charge < -0.3 is 19.8 Å². The summed E-state index contributed by atoms with van der Waals surface area (Å²) in [5, 5.41) is 18.2. The Morgan fingerprint density at radius 2 is 1.80 bits per heavy atom. The van der Waals surface area contributed by atoms with Crippen molar-refractivity contribution in [3.05, 3.63) is 0 Å². The molecule has 0 heterocycles. The fraction of sp³-hybridized carbons (Fsp3) is 0.500. The molecule has 1 unspecified atom stereocenters. The minimum absolute atomic E-state index is 0. The number of hydrogen-bond acceptors (Lipinski definition) is 5. The summed E-state index contributed by atoms with van der Waals surface area (Å²) >= 11 is 3.38. The van der Waals surface area contributed by atoms with Crippen LogP contribution in [0.5, 0.6) is 0 Å². The Hall–Kier alpha value is 0.0303. The summed E-state index contributed by atoms with van der Waals surface area (Å²) in [5.74, 6) is -2.94. The van der Waals surface area contributed by atoms with Crippen molar-refractivity contribution in [2.24, 2.45) is 0 Å². The Kier molecular flexibility index (Phi) is 7.34. The van der Waals surface area contributed by atoms with Crippen LogP contribution in [0.25, 0.3) is 0 Å². The van der Waals surface area contributed by atoms with E-state index >= 15 is 0 Å². The van der Waals surface area contributed by atoms with Crippen molar-refractivity contribution in [1.82, 2.24) is 0 Å². The van der Waals surface area contributed by atoms with Crippen LogP contribution in [0.15, 0.2) is 0 Å². The van der Waals surface area contributed by atoms with Crippen LogP contribution in [0.2, 0.25) is 0 Å². The van der Waals surface area contributed by atoms with E-state index in [0.29, 0.717) is 0 Å². The van der Waals surface area contributed by atoms with Crippen molar-refractivity contribution in [1.29, 1.82) is 0 Å². The van der Waals surface area contributed by atoms with Gasteiger partial charge in [-0.05, 0) is 0 Å². The topological polar surface area (TPSA) is 80.3 Å². The fourth-order valence-electron chi connectivity index (χ4n) is 0.241. The second-order valence-corrected chi connectivity index (χ2v) is 2.03. The standard InChI is InChI=1S/C4H6O4S.Ag/c5-3(6)1-2(9)4(7)8;/h2,9H,1H2,(H,5,6)(H,7,8);/q;+2/p-2. The molecule has 0 N–H and O–H groups in total. The fourth-order valence-corrected chi connectivity index (χ4v) is 0.390. The Morgan fingerprint density at radius 3 is 1.90 bits per heavy atom. The van der Waals surface area contributed by atoms with E-state index in [1.807, 2.05) is 0 Å². The average molecular weight is 256 g/mol. The molecule has 0 bridgehead atoms. The number of rotatable bonds is 3. The molecule has 0 saturated heterocycles. The predicted molar refractivity (Wildman–Crippen MR) is 27.4 cm³/mol. The molecule has 1 atom stereocenters. The Balaban J connectivity index is 0. The molecular formula is C4H4AgO4S. The quantitative estimate of drug-likeness (QED) is 0.436. The summed E-state index contributed by atoms with van der Waals surface area (Å²) < 4.78 is 0. The van der Waals surface area contributed by atoms with E-state index in [1.54, 1.807) is 0 Å². The molecule has 0 aromatic rings. The van der Waals surface area contributed by atoms with E-state index < -0.39 is 23.6 Å². The van der Waals surface area contributed by atoms with Gasteiger partial charge in [-0.1, -0.05) is 0 Å².